The highest BCUT2D eigenvalue weighted by atomic mass is 14.3. The maximum absolute atomic E-state index is 2.54. The molecule has 0 amide bonds. The van der Waals surface area contributed by atoms with Gasteiger partial charge in [-0.2, -0.15) is 0 Å². The zero-order chi connectivity index (χ0) is 39.3. The molecule has 12 aromatic carbocycles. The summed E-state index contributed by atoms with van der Waals surface area (Å²) in [4.78, 5) is 0. The first-order valence-electron chi connectivity index (χ1n) is 20.9. The molecule has 0 saturated heterocycles. The van der Waals surface area contributed by atoms with Crippen LogP contribution in [0.25, 0.3) is 131 Å². The lowest BCUT2D eigenvalue weighted by Gasteiger charge is -2.22. The minimum Gasteiger partial charge on any atom is -0.0622 e. The first kappa shape index (κ1) is 33.2. The van der Waals surface area contributed by atoms with Gasteiger partial charge in [-0.25, -0.2) is 0 Å². The van der Waals surface area contributed by atoms with Gasteiger partial charge in [-0.1, -0.05) is 188 Å². The van der Waals surface area contributed by atoms with Crippen LogP contribution in [0, 0.1) is 0 Å². The zero-order valence-electron chi connectivity index (χ0n) is 32.8. The molecule has 1 aliphatic rings. The molecular formula is C60H36. The van der Waals surface area contributed by atoms with Gasteiger partial charge in [0.05, 0.1) is 0 Å². The molecule has 0 N–H and O–H groups in total. The lowest BCUT2D eigenvalue weighted by atomic mass is 9.80. The van der Waals surface area contributed by atoms with Gasteiger partial charge in [0, 0.05) is 0 Å². The summed E-state index contributed by atoms with van der Waals surface area (Å²) in [7, 11) is 0. The van der Waals surface area contributed by atoms with Gasteiger partial charge < -0.3 is 0 Å². The molecule has 0 nitrogen and oxygen atoms in total. The average molecular weight is 757 g/mol. The Morgan fingerprint density at radius 1 is 0.183 bits per heavy atom. The number of rotatable bonds is 4. The first-order chi connectivity index (χ1) is 29.8. The highest BCUT2D eigenvalue weighted by Gasteiger charge is 2.32. The Kier molecular flexibility index (Phi) is 7.11. The fourth-order valence-electron chi connectivity index (χ4n) is 10.5. The maximum Gasteiger partial charge on any atom is -0.000719 e. The lowest BCUT2D eigenvalue weighted by Crippen LogP contribution is -1.95. The second kappa shape index (κ2) is 12.9. The van der Waals surface area contributed by atoms with Crippen LogP contribution in [-0.4, -0.2) is 0 Å². The van der Waals surface area contributed by atoms with Crippen molar-refractivity contribution in [1.82, 2.24) is 0 Å². The van der Waals surface area contributed by atoms with E-state index >= 15 is 0 Å². The topological polar surface area (TPSA) is 0 Å². The van der Waals surface area contributed by atoms with Gasteiger partial charge in [0.2, 0.25) is 0 Å². The smallest absolute Gasteiger partial charge is 0.000719 e. The third-order valence-electron chi connectivity index (χ3n) is 13.1. The van der Waals surface area contributed by atoms with Crippen LogP contribution in [0.4, 0.5) is 0 Å². The van der Waals surface area contributed by atoms with Gasteiger partial charge in [-0.05, 0) is 162 Å². The Morgan fingerprint density at radius 3 is 1.22 bits per heavy atom. The van der Waals surface area contributed by atoms with Crippen molar-refractivity contribution in [2.45, 2.75) is 0 Å². The van der Waals surface area contributed by atoms with Crippen LogP contribution >= 0.6 is 0 Å². The Bertz CT molecular complexity index is 3740. The van der Waals surface area contributed by atoms with Crippen molar-refractivity contribution < 1.29 is 0 Å². The van der Waals surface area contributed by atoms with E-state index in [0.29, 0.717) is 0 Å². The summed E-state index contributed by atoms with van der Waals surface area (Å²) >= 11 is 0. The van der Waals surface area contributed by atoms with Crippen LogP contribution in [-0.2, 0) is 0 Å². The monoisotopic (exact) mass is 756 g/mol. The SMILES string of the molecule is c1ccc(-c2c3c(c(-c4ccccc4)c4cc5c(-c6ccc7ccccc7c6)ccc(-c6ccc7ccccc7c6)c5cc24)-c2cc4ccccc4c4cccc-3c24)cc1. The number of hydrogen-bond donors (Lipinski definition) is 0. The zero-order valence-corrected chi connectivity index (χ0v) is 32.8. The van der Waals surface area contributed by atoms with E-state index in [1.165, 1.54) is 131 Å². The standard InChI is InChI=1S/C60H36/c1-3-16-39(17-4-1)56-53-35-51-47(44-28-26-37-14-7-9-20-41(37)32-44)30-31-48(45-29-27-38-15-8-10-21-42(38)33-45)52(51)36-54(53)57(40-18-5-2-6-19-40)60-55-34-43-22-11-12-23-46(43)49-24-13-25-50(58(49)55)59(56)60/h1-36H. The Hall–Kier alpha value is -7.80. The average Bonchev–Trinajstić information content (AvgIpc) is 3.63. The Morgan fingerprint density at radius 2 is 0.650 bits per heavy atom. The van der Waals surface area contributed by atoms with E-state index in [0.717, 1.165) is 0 Å². The van der Waals surface area contributed by atoms with Crippen molar-refractivity contribution in [1.29, 1.82) is 0 Å². The predicted octanol–water partition coefficient (Wildman–Crippen LogP) is 16.9. The molecule has 0 atom stereocenters. The minimum absolute atomic E-state index is 1.22. The van der Waals surface area contributed by atoms with E-state index in [9.17, 15) is 0 Å². The highest BCUT2D eigenvalue weighted by Crippen LogP contribution is 2.59. The first-order valence-corrected chi connectivity index (χ1v) is 20.9. The Balaban J connectivity index is 1.24. The molecule has 0 aromatic heterocycles. The van der Waals surface area contributed by atoms with E-state index in [2.05, 4.69) is 218 Å². The van der Waals surface area contributed by atoms with Crippen LogP contribution < -0.4 is 0 Å². The quantitative estimate of drug-likeness (QED) is 0.124. The number of benzene rings is 12. The van der Waals surface area contributed by atoms with E-state index in [1.807, 2.05) is 0 Å². The largest absolute Gasteiger partial charge is 0.0622 e. The highest BCUT2D eigenvalue weighted by molar-refractivity contribution is 6.32. The third-order valence-corrected chi connectivity index (χ3v) is 13.1. The van der Waals surface area contributed by atoms with Crippen molar-refractivity contribution in [2.24, 2.45) is 0 Å². The second-order valence-corrected chi connectivity index (χ2v) is 16.3. The van der Waals surface area contributed by atoms with E-state index in [1.54, 1.807) is 0 Å². The van der Waals surface area contributed by atoms with Crippen LogP contribution in [0.1, 0.15) is 0 Å². The molecule has 1 aliphatic carbocycles. The predicted molar refractivity (Wildman–Crippen MR) is 258 cm³/mol. The molecular weight excluding hydrogens is 721 g/mol. The summed E-state index contributed by atoms with van der Waals surface area (Å²) < 4.78 is 0. The molecule has 13 rings (SSSR count). The van der Waals surface area contributed by atoms with Crippen molar-refractivity contribution in [3.8, 4) is 66.8 Å². The molecule has 0 unspecified atom stereocenters. The fourth-order valence-corrected chi connectivity index (χ4v) is 10.5. The normalized spacial score (nSPS) is 12.0. The summed E-state index contributed by atoms with van der Waals surface area (Å²) in [6.45, 7) is 0. The third kappa shape index (κ3) is 4.86. The summed E-state index contributed by atoms with van der Waals surface area (Å²) in [6.07, 6.45) is 0. The minimum atomic E-state index is 1.22. The van der Waals surface area contributed by atoms with E-state index in [4.69, 9.17) is 0 Å². The van der Waals surface area contributed by atoms with Gasteiger partial charge in [0.15, 0.2) is 0 Å². The molecule has 0 spiro atoms. The summed E-state index contributed by atoms with van der Waals surface area (Å²) in [5.74, 6) is 0. The van der Waals surface area contributed by atoms with Crippen molar-refractivity contribution in [2.75, 3.05) is 0 Å². The van der Waals surface area contributed by atoms with Gasteiger partial charge in [0.1, 0.15) is 0 Å². The summed E-state index contributed by atoms with van der Waals surface area (Å²) in [5, 5.41) is 15.2. The second-order valence-electron chi connectivity index (χ2n) is 16.3. The number of hydrogen-bond acceptors (Lipinski definition) is 0. The molecule has 0 fully saturated rings. The molecule has 0 heteroatoms. The molecule has 0 saturated carbocycles. The van der Waals surface area contributed by atoms with E-state index < -0.39 is 0 Å². The molecule has 276 valence electrons. The van der Waals surface area contributed by atoms with Crippen molar-refractivity contribution in [3.05, 3.63) is 218 Å². The maximum atomic E-state index is 2.54. The van der Waals surface area contributed by atoms with Crippen LogP contribution in [0.15, 0.2) is 218 Å². The molecule has 12 aromatic rings. The number of fused-ring (bicyclic) bond motifs is 9. The van der Waals surface area contributed by atoms with Crippen LogP contribution in [0.3, 0.4) is 0 Å². The van der Waals surface area contributed by atoms with Gasteiger partial charge >= 0.3 is 0 Å². The fraction of sp³-hybridized carbons (Fsp3) is 0. The molecule has 0 radical (unpaired) electrons. The molecule has 60 heavy (non-hydrogen) atoms. The van der Waals surface area contributed by atoms with Crippen LogP contribution in [0.5, 0.6) is 0 Å². The van der Waals surface area contributed by atoms with E-state index in [-0.39, 0.29) is 0 Å². The molecule has 0 aliphatic heterocycles. The summed E-state index contributed by atoms with van der Waals surface area (Å²) in [5.41, 5.74) is 15.2. The lowest BCUT2D eigenvalue weighted by molar-refractivity contribution is 1.62. The van der Waals surface area contributed by atoms with Gasteiger partial charge in [0.25, 0.3) is 0 Å². The van der Waals surface area contributed by atoms with Gasteiger partial charge in [-0.15, -0.1) is 0 Å². The van der Waals surface area contributed by atoms with Gasteiger partial charge in [-0.3, -0.25) is 0 Å². The Labute approximate surface area is 348 Å². The van der Waals surface area contributed by atoms with Crippen molar-refractivity contribution >= 4 is 64.6 Å². The summed E-state index contributed by atoms with van der Waals surface area (Å²) in [6, 6.07) is 81.6. The van der Waals surface area contributed by atoms with Crippen LogP contribution in [0.2, 0.25) is 0 Å². The van der Waals surface area contributed by atoms with Crippen molar-refractivity contribution in [3.63, 3.8) is 0 Å². The molecule has 0 bridgehead atoms. The molecule has 0 heterocycles.